The molecule has 0 saturated carbocycles. The van der Waals surface area contributed by atoms with E-state index in [2.05, 4.69) is 4.37 Å². The van der Waals surface area contributed by atoms with Crippen LogP contribution in [0.25, 0.3) is 21.6 Å². The van der Waals surface area contributed by atoms with Gasteiger partial charge in [0, 0.05) is 17.3 Å². The van der Waals surface area contributed by atoms with Crippen LogP contribution < -0.4 is 0 Å². The third kappa shape index (κ3) is 3.39. The summed E-state index contributed by atoms with van der Waals surface area (Å²) in [5.41, 5.74) is 3.42. The molecule has 0 atom stereocenters. The standard InChI is InChI=1S/C19H16F3NOS/c1-3-12-9-15(17(24)8-11(12)2)18-16(10-23-25-18)13-4-6-14(7-5-13)19(20,21)22/h4-10,24H,3H2,1-2H3. The monoisotopic (exact) mass is 363 g/mol. The molecule has 2 aromatic carbocycles. The van der Waals surface area contributed by atoms with Crippen LogP contribution >= 0.6 is 11.5 Å². The number of benzene rings is 2. The minimum Gasteiger partial charge on any atom is -0.507 e. The van der Waals surface area contributed by atoms with Crippen LogP contribution in [0.4, 0.5) is 13.2 Å². The molecule has 0 unspecified atom stereocenters. The Bertz CT molecular complexity index is 898. The molecule has 1 N–H and O–H groups in total. The van der Waals surface area contributed by atoms with Crippen LogP contribution in [0.5, 0.6) is 5.75 Å². The topological polar surface area (TPSA) is 33.1 Å². The van der Waals surface area contributed by atoms with E-state index in [1.54, 1.807) is 12.3 Å². The number of hydrogen-bond acceptors (Lipinski definition) is 3. The summed E-state index contributed by atoms with van der Waals surface area (Å²) in [6.45, 7) is 3.97. The van der Waals surface area contributed by atoms with Gasteiger partial charge in [-0.05, 0) is 65.8 Å². The lowest BCUT2D eigenvalue weighted by atomic mass is 9.97. The number of alkyl halides is 3. The van der Waals surface area contributed by atoms with E-state index in [1.807, 2.05) is 19.9 Å². The maximum absolute atomic E-state index is 12.7. The zero-order valence-corrected chi connectivity index (χ0v) is 14.5. The highest BCUT2D eigenvalue weighted by molar-refractivity contribution is 7.10. The fourth-order valence-corrected chi connectivity index (χ4v) is 3.57. The molecule has 0 amide bonds. The summed E-state index contributed by atoms with van der Waals surface area (Å²) in [7, 11) is 0. The Kier molecular flexibility index (Phi) is 4.56. The lowest BCUT2D eigenvalue weighted by molar-refractivity contribution is -0.137. The molecular weight excluding hydrogens is 347 g/mol. The Balaban J connectivity index is 2.07. The molecule has 0 aliphatic heterocycles. The van der Waals surface area contributed by atoms with Crippen molar-refractivity contribution < 1.29 is 18.3 Å². The summed E-state index contributed by atoms with van der Waals surface area (Å²) < 4.78 is 42.4. The van der Waals surface area contributed by atoms with Crippen LogP contribution in [0.2, 0.25) is 0 Å². The van der Waals surface area contributed by atoms with Crippen molar-refractivity contribution in [2.75, 3.05) is 0 Å². The summed E-state index contributed by atoms with van der Waals surface area (Å²) in [4.78, 5) is 0.743. The van der Waals surface area contributed by atoms with Crippen molar-refractivity contribution in [1.82, 2.24) is 4.37 Å². The minimum absolute atomic E-state index is 0.145. The minimum atomic E-state index is -4.36. The predicted molar refractivity (Wildman–Crippen MR) is 93.8 cm³/mol. The van der Waals surface area contributed by atoms with Gasteiger partial charge in [0.05, 0.1) is 10.4 Å². The van der Waals surface area contributed by atoms with Crippen LogP contribution in [0.1, 0.15) is 23.6 Å². The first kappa shape index (κ1) is 17.5. The molecule has 6 heteroatoms. The van der Waals surface area contributed by atoms with Crippen LogP contribution in [-0.2, 0) is 12.6 Å². The number of phenolic OH excluding ortho intramolecular Hbond substituents is 1. The van der Waals surface area contributed by atoms with Crippen molar-refractivity contribution >= 4 is 11.5 Å². The van der Waals surface area contributed by atoms with Crippen molar-refractivity contribution in [3.63, 3.8) is 0 Å². The average Bonchev–Trinajstić information content (AvgIpc) is 3.03. The molecule has 1 heterocycles. The Morgan fingerprint density at radius 3 is 2.36 bits per heavy atom. The second kappa shape index (κ2) is 6.52. The maximum Gasteiger partial charge on any atom is 0.416 e. The third-order valence-electron chi connectivity index (χ3n) is 4.17. The Morgan fingerprint density at radius 1 is 1.08 bits per heavy atom. The van der Waals surface area contributed by atoms with Crippen molar-refractivity contribution in [2.45, 2.75) is 26.4 Å². The number of aromatic hydroxyl groups is 1. The van der Waals surface area contributed by atoms with E-state index in [-0.39, 0.29) is 5.75 Å². The Morgan fingerprint density at radius 2 is 1.76 bits per heavy atom. The van der Waals surface area contributed by atoms with Crippen LogP contribution in [0, 0.1) is 6.92 Å². The third-order valence-corrected chi connectivity index (χ3v) is 5.01. The number of halogens is 3. The number of rotatable bonds is 3. The number of nitrogens with zero attached hydrogens (tertiary/aromatic N) is 1. The zero-order valence-electron chi connectivity index (χ0n) is 13.7. The summed E-state index contributed by atoms with van der Waals surface area (Å²) in [6, 6.07) is 8.62. The molecule has 0 aliphatic carbocycles. The molecular formula is C19H16F3NOS. The molecule has 2 nitrogen and oxygen atoms in total. The Labute approximate surface area is 147 Å². The number of aromatic nitrogens is 1. The van der Waals surface area contributed by atoms with Crippen LogP contribution in [0.15, 0.2) is 42.6 Å². The molecule has 130 valence electrons. The van der Waals surface area contributed by atoms with Gasteiger partial charge >= 0.3 is 6.18 Å². The fraction of sp³-hybridized carbons (Fsp3) is 0.211. The highest BCUT2D eigenvalue weighted by Crippen LogP contribution is 2.41. The van der Waals surface area contributed by atoms with E-state index in [1.165, 1.54) is 23.7 Å². The van der Waals surface area contributed by atoms with Gasteiger partial charge in [0.15, 0.2) is 0 Å². The highest BCUT2D eigenvalue weighted by Gasteiger charge is 2.30. The van der Waals surface area contributed by atoms with Gasteiger partial charge in [-0.1, -0.05) is 19.1 Å². The molecule has 1 aromatic heterocycles. The van der Waals surface area contributed by atoms with E-state index in [4.69, 9.17) is 0 Å². The molecule has 0 bridgehead atoms. The lowest BCUT2D eigenvalue weighted by Crippen LogP contribution is -2.03. The second-order valence-electron chi connectivity index (χ2n) is 5.79. The first-order valence-corrected chi connectivity index (χ1v) is 8.53. The fourth-order valence-electron chi connectivity index (χ4n) is 2.78. The predicted octanol–water partition coefficient (Wildman–Crippen LogP) is 6.07. The zero-order chi connectivity index (χ0) is 18.2. The molecule has 3 rings (SSSR count). The van der Waals surface area contributed by atoms with E-state index >= 15 is 0 Å². The van der Waals surface area contributed by atoms with E-state index < -0.39 is 11.7 Å². The molecule has 0 radical (unpaired) electrons. The van der Waals surface area contributed by atoms with Crippen molar-refractivity contribution in [2.24, 2.45) is 0 Å². The molecule has 0 fully saturated rings. The van der Waals surface area contributed by atoms with Gasteiger partial charge in [-0.15, -0.1) is 0 Å². The largest absolute Gasteiger partial charge is 0.507 e. The first-order chi connectivity index (χ1) is 11.8. The molecule has 0 saturated heterocycles. The van der Waals surface area contributed by atoms with Crippen molar-refractivity contribution in [3.05, 3.63) is 59.3 Å². The quantitative estimate of drug-likeness (QED) is 0.612. The van der Waals surface area contributed by atoms with Gasteiger partial charge in [0.25, 0.3) is 0 Å². The van der Waals surface area contributed by atoms with Crippen molar-refractivity contribution in [1.29, 1.82) is 0 Å². The molecule has 25 heavy (non-hydrogen) atoms. The number of phenols is 1. The van der Waals surface area contributed by atoms with Crippen LogP contribution in [-0.4, -0.2) is 9.48 Å². The Hall–Kier alpha value is -2.34. The van der Waals surface area contributed by atoms with Gasteiger partial charge in [-0.2, -0.15) is 17.5 Å². The van der Waals surface area contributed by atoms with Gasteiger partial charge in [0.2, 0.25) is 0 Å². The number of hydrogen-bond donors (Lipinski definition) is 1. The van der Waals surface area contributed by atoms with Crippen LogP contribution in [0.3, 0.4) is 0 Å². The maximum atomic E-state index is 12.7. The van der Waals surface area contributed by atoms with E-state index in [0.29, 0.717) is 16.7 Å². The van der Waals surface area contributed by atoms with Gasteiger partial charge < -0.3 is 5.11 Å². The summed E-state index contributed by atoms with van der Waals surface area (Å²) in [5, 5.41) is 10.3. The SMILES string of the molecule is CCc1cc(-c2sncc2-c2ccc(C(F)(F)F)cc2)c(O)cc1C. The van der Waals surface area contributed by atoms with Gasteiger partial charge in [-0.3, -0.25) is 0 Å². The first-order valence-electron chi connectivity index (χ1n) is 7.76. The summed E-state index contributed by atoms with van der Waals surface area (Å²) in [5.74, 6) is 0.145. The highest BCUT2D eigenvalue weighted by atomic mass is 32.1. The molecule has 0 spiro atoms. The smallest absolute Gasteiger partial charge is 0.416 e. The lowest BCUT2D eigenvalue weighted by Gasteiger charge is -2.11. The van der Waals surface area contributed by atoms with E-state index in [0.717, 1.165) is 34.6 Å². The van der Waals surface area contributed by atoms with E-state index in [9.17, 15) is 18.3 Å². The van der Waals surface area contributed by atoms with Crippen molar-refractivity contribution in [3.8, 4) is 27.3 Å². The number of aryl methyl sites for hydroxylation is 2. The van der Waals surface area contributed by atoms with Gasteiger partial charge in [0.1, 0.15) is 5.75 Å². The average molecular weight is 363 g/mol. The summed E-state index contributed by atoms with van der Waals surface area (Å²) in [6.07, 6.45) is -1.92. The summed E-state index contributed by atoms with van der Waals surface area (Å²) >= 11 is 1.21. The second-order valence-corrected chi connectivity index (χ2v) is 6.59. The normalized spacial score (nSPS) is 11.7. The molecule has 3 aromatic rings. The molecule has 0 aliphatic rings. The van der Waals surface area contributed by atoms with Gasteiger partial charge in [-0.25, -0.2) is 0 Å².